The maximum atomic E-state index is 11.9. The van der Waals surface area contributed by atoms with Crippen LogP contribution in [0.25, 0.3) is 6.08 Å². The molecule has 0 aromatic heterocycles. The Morgan fingerprint density at radius 2 is 1.86 bits per heavy atom. The molecule has 0 aliphatic carbocycles. The van der Waals surface area contributed by atoms with Gasteiger partial charge in [0.2, 0.25) is 0 Å². The fourth-order valence-electron chi connectivity index (χ4n) is 2.08. The Morgan fingerprint density at radius 3 is 2.43 bits per heavy atom. The fraction of sp³-hybridized carbons (Fsp3) is 0.450. The maximum Gasteiger partial charge on any atom is 0.331 e. The average Bonchev–Trinajstić information content (AvgIpc) is 2.59. The standard InChI is InChI=1S/C20H28N2O6/c1-7-27-15-10-8-14(12-16(15)26-6)9-11-17(23)28-13(2)18(24)21-19(25)22-20(3,4)5/h8-13H,7H2,1-6H3,(H2,21,22,24,25)/b11-9+/t13-/m1/s1. The van der Waals surface area contributed by atoms with E-state index in [4.69, 9.17) is 14.2 Å². The maximum absolute atomic E-state index is 11.9. The van der Waals surface area contributed by atoms with E-state index in [1.54, 1.807) is 39.0 Å². The Bertz CT molecular complexity index is 737. The molecule has 8 nitrogen and oxygen atoms in total. The van der Waals surface area contributed by atoms with E-state index in [1.165, 1.54) is 26.2 Å². The van der Waals surface area contributed by atoms with Gasteiger partial charge in [-0.1, -0.05) is 6.07 Å². The number of rotatable bonds is 7. The van der Waals surface area contributed by atoms with E-state index in [-0.39, 0.29) is 0 Å². The molecular weight excluding hydrogens is 364 g/mol. The minimum absolute atomic E-state index is 0.494. The zero-order valence-corrected chi connectivity index (χ0v) is 17.1. The highest BCUT2D eigenvalue weighted by atomic mass is 16.5. The third-order valence-corrected chi connectivity index (χ3v) is 3.29. The molecule has 0 spiro atoms. The molecule has 1 atom stereocenters. The van der Waals surface area contributed by atoms with Crippen LogP contribution in [0.1, 0.15) is 40.2 Å². The summed E-state index contributed by atoms with van der Waals surface area (Å²) in [6, 6.07) is 4.54. The zero-order chi connectivity index (χ0) is 21.3. The number of carbonyl (C=O) groups excluding carboxylic acids is 3. The molecule has 0 saturated heterocycles. The number of nitrogens with one attached hydrogen (secondary N) is 2. The third-order valence-electron chi connectivity index (χ3n) is 3.29. The van der Waals surface area contributed by atoms with Gasteiger partial charge in [0.15, 0.2) is 17.6 Å². The largest absolute Gasteiger partial charge is 0.493 e. The summed E-state index contributed by atoms with van der Waals surface area (Å²) in [6.07, 6.45) is 1.59. The molecule has 8 heteroatoms. The van der Waals surface area contributed by atoms with Crippen molar-refractivity contribution in [2.75, 3.05) is 13.7 Å². The molecule has 0 unspecified atom stereocenters. The van der Waals surface area contributed by atoms with E-state index in [2.05, 4.69) is 10.6 Å². The van der Waals surface area contributed by atoms with Crippen molar-refractivity contribution in [3.05, 3.63) is 29.8 Å². The second-order valence-corrected chi connectivity index (χ2v) is 6.95. The van der Waals surface area contributed by atoms with Gasteiger partial charge in [0.25, 0.3) is 5.91 Å². The van der Waals surface area contributed by atoms with Crippen LogP contribution in [-0.2, 0) is 14.3 Å². The number of hydrogen-bond donors (Lipinski definition) is 2. The van der Waals surface area contributed by atoms with Crippen molar-refractivity contribution in [1.29, 1.82) is 0 Å². The molecule has 1 rings (SSSR count). The lowest BCUT2D eigenvalue weighted by Gasteiger charge is -2.21. The van der Waals surface area contributed by atoms with E-state index in [9.17, 15) is 14.4 Å². The first-order valence-electron chi connectivity index (χ1n) is 8.88. The minimum atomic E-state index is -1.13. The Morgan fingerprint density at radius 1 is 1.18 bits per heavy atom. The van der Waals surface area contributed by atoms with Crippen LogP contribution in [0.15, 0.2) is 24.3 Å². The molecule has 28 heavy (non-hydrogen) atoms. The van der Waals surface area contributed by atoms with Crippen LogP contribution in [-0.4, -0.2) is 43.3 Å². The first-order chi connectivity index (χ1) is 13.1. The molecule has 0 saturated carbocycles. The van der Waals surface area contributed by atoms with Gasteiger partial charge < -0.3 is 19.5 Å². The molecule has 3 amide bonds. The quantitative estimate of drug-likeness (QED) is 0.546. The Kier molecular flexibility index (Phi) is 8.50. The first-order valence-corrected chi connectivity index (χ1v) is 8.88. The second-order valence-electron chi connectivity index (χ2n) is 6.95. The monoisotopic (exact) mass is 392 g/mol. The lowest BCUT2D eigenvalue weighted by molar-refractivity contribution is -0.149. The highest BCUT2D eigenvalue weighted by molar-refractivity contribution is 5.98. The average molecular weight is 392 g/mol. The SMILES string of the molecule is CCOc1ccc(/C=C/C(=O)O[C@H](C)C(=O)NC(=O)NC(C)(C)C)cc1OC. The number of esters is 1. The summed E-state index contributed by atoms with van der Waals surface area (Å²) in [5.41, 5.74) is 0.199. The zero-order valence-electron chi connectivity index (χ0n) is 17.1. The fourth-order valence-corrected chi connectivity index (χ4v) is 2.08. The Balaban J connectivity index is 2.63. The normalized spacial score (nSPS) is 12.2. The van der Waals surface area contributed by atoms with Gasteiger partial charge in [-0.15, -0.1) is 0 Å². The minimum Gasteiger partial charge on any atom is -0.493 e. The Labute approximate surface area is 165 Å². The van der Waals surface area contributed by atoms with E-state index in [0.29, 0.717) is 23.7 Å². The van der Waals surface area contributed by atoms with Gasteiger partial charge in [0, 0.05) is 11.6 Å². The molecule has 1 aromatic carbocycles. The molecule has 0 aliphatic rings. The lowest BCUT2D eigenvalue weighted by atomic mass is 10.1. The number of carbonyl (C=O) groups is 3. The van der Waals surface area contributed by atoms with Crippen LogP contribution in [0.4, 0.5) is 4.79 Å². The van der Waals surface area contributed by atoms with Crippen LogP contribution in [0.3, 0.4) is 0 Å². The molecule has 154 valence electrons. The highest BCUT2D eigenvalue weighted by Gasteiger charge is 2.21. The highest BCUT2D eigenvalue weighted by Crippen LogP contribution is 2.28. The number of amides is 3. The lowest BCUT2D eigenvalue weighted by Crippen LogP contribution is -2.50. The number of methoxy groups -OCH3 is 1. The number of benzene rings is 1. The molecule has 0 heterocycles. The summed E-state index contributed by atoms with van der Waals surface area (Å²) in [4.78, 5) is 35.5. The van der Waals surface area contributed by atoms with Gasteiger partial charge in [0.1, 0.15) is 0 Å². The van der Waals surface area contributed by atoms with Gasteiger partial charge in [-0.3, -0.25) is 10.1 Å². The number of imide groups is 1. The van der Waals surface area contributed by atoms with Crippen LogP contribution >= 0.6 is 0 Å². The van der Waals surface area contributed by atoms with Crippen LogP contribution in [0.5, 0.6) is 11.5 Å². The summed E-state index contributed by atoms with van der Waals surface area (Å²) in [6.45, 7) is 9.09. The molecule has 0 radical (unpaired) electrons. The summed E-state index contributed by atoms with van der Waals surface area (Å²) in [7, 11) is 1.52. The predicted molar refractivity (Wildman–Crippen MR) is 105 cm³/mol. The van der Waals surface area contributed by atoms with E-state index < -0.39 is 29.6 Å². The number of hydrogen-bond acceptors (Lipinski definition) is 6. The number of ether oxygens (including phenoxy) is 3. The van der Waals surface area contributed by atoms with Crippen LogP contribution < -0.4 is 20.1 Å². The van der Waals surface area contributed by atoms with Crippen LogP contribution in [0.2, 0.25) is 0 Å². The van der Waals surface area contributed by atoms with Gasteiger partial charge in [0.05, 0.1) is 13.7 Å². The van der Waals surface area contributed by atoms with E-state index >= 15 is 0 Å². The van der Waals surface area contributed by atoms with Gasteiger partial charge in [-0.05, 0) is 58.4 Å². The van der Waals surface area contributed by atoms with E-state index in [1.807, 2.05) is 6.92 Å². The second kappa shape index (κ2) is 10.3. The molecule has 0 fully saturated rings. The van der Waals surface area contributed by atoms with Gasteiger partial charge >= 0.3 is 12.0 Å². The van der Waals surface area contributed by atoms with Crippen molar-refractivity contribution in [3.63, 3.8) is 0 Å². The van der Waals surface area contributed by atoms with Crippen molar-refractivity contribution in [2.24, 2.45) is 0 Å². The first kappa shape index (κ1) is 23.0. The molecule has 0 bridgehead atoms. The van der Waals surface area contributed by atoms with Crippen molar-refractivity contribution in [3.8, 4) is 11.5 Å². The molecule has 1 aromatic rings. The van der Waals surface area contributed by atoms with Gasteiger partial charge in [-0.2, -0.15) is 0 Å². The molecule has 2 N–H and O–H groups in total. The predicted octanol–water partition coefficient (Wildman–Crippen LogP) is 2.66. The van der Waals surface area contributed by atoms with Crippen molar-refractivity contribution >= 4 is 24.0 Å². The van der Waals surface area contributed by atoms with E-state index in [0.717, 1.165) is 0 Å². The smallest absolute Gasteiger partial charge is 0.331 e. The van der Waals surface area contributed by atoms with Crippen LogP contribution in [0, 0.1) is 0 Å². The summed E-state index contributed by atoms with van der Waals surface area (Å²) in [5.74, 6) is -0.295. The summed E-state index contributed by atoms with van der Waals surface area (Å²) < 4.78 is 15.7. The number of urea groups is 1. The van der Waals surface area contributed by atoms with Crippen molar-refractivity contribution in [1.82, 2.24) is 10.6 Å². The summed E-state index contributed by atoms with van der Waals surface area (Å²) >= 11 is 0. The molecular formula is C20H28N2O6. The topological polar surface area (TPSA) is 103 Å². The molecule has 0 aliphatic heterocycles. The third kappa shape index (κ3) is 8.11. The van der Waals surface area contributed by atoms with Crippen molar-refractivity contribution < 1.29 is 28.6 Å². The Hall–Kier alpha value is -3.03. The van der Waals surface area contributed by atoms with Crippen molar-refractivity contribution in [2.45, 2.75) is 46.3 Å². The van der Waals surface area contributed by atoms with Gasteiger partial charge in [-0.25, -0.2) is 9.59 Å². The summed E-state index contributed by atoms with van der Waals surface area (Å²) in [5, 5.41) is 4.71.